The SMILES string of the molecule is COc1cc(OC)cc(C(=O)N2CCC3(CC2)NC(C(=O)NCc2ccc4c(c2)OCO4)CS3)c1. The lowest BCUT2D eigenvalue weighted by molar-refractivity contribution is -0.122. The number of amides is 2. The molecule has 2 saturated heterocycles. The molecule has 2 fully saturated rings. The zero-order valence-corrected chi connectivity index (χ0v) is 20.6. The van der Waals surface area contributed by atoms with Crippen LogP contribution in [0.2, 0.25) is 0 Å². The molecule has 3 aliphatic rings. The van der Waals surface area contributed by atoms with Gasteiger partial charge in [-0.3, -0.25) is 14.9 Å². The summed E-state index contributed by atoms with van der Waals surface area (Å²) in [7, 11) is 3.14. The molecule has 2 N–H and O–H groups in total. The van der Waals surface area contributed by atoms with Gasteiger partial charge in [0, 0.05) is 37.0 Å². The molecule has 9 nitrogen and oxygen atoms in total. The van der Waals surface area contributed by atoms with Crippen LogP contribution in [0, 0.1) is 0 Å². The van der Waals surface area contributed by atoms with E-state index in [1.165, 1.54) is 0 Å². The number of carbonyl (C=O) groups excluding carboxylic acids is 2. The van der Waals surface area contributed by atoms with Crippen LogP contribution in [-0.4, -0.2) is 67.5 Å². The van der Waals surface area contributed by atoms with Gasteiger partial charge in [0.25, 0.3) is 5.91 Å². The normalized spacial score (nSPS) is 20.1. The Labute approximate surface area is 208 Å². The van der Waals surface area contributed by atoms with Gasteiger partial charge >= 0.3 is 0 Å². The van der Waals surface area contributed by atoms with Gasteiger partial charge in [0.2, 0.25) is 12.7 Å². The minimum absolute atomic E-state index is 0.0194. The van der Waals surface area contributed by atoms with E-state index in [1.54, 1.807) is 44.2 Å². The fraction of sp³-hybridized carbons (Fsp3) is 0.440. The zero-order valence-electron chi connectivity index (χ0n) is 19.8. The van der Waals surface area contributed by atoms with Crippen molar-refractivity contribution in [2.24, 2.45) is 0 Å². The Morgan fingerprint density at radius 2 is 1.80 bits per heavy atom. The maximum absolute atomic E-state index is 13.1. The molecule has 1 unspecified atom stereocenters. The summed E-state index contributed by atoms with van der Waals surface area (Å²) >= 11 is 1.78. The van der Waals surface area contributed by atoms with Crippen LogP contribution in [0.4, 0.5) is 0 Å². The minimum atomic E-state index is -0.265. The van der Waals surface area contributed by atoms with E-state index in [9.17, 15) is 9.59 Å². The molecular formula is C25H29N3O6S. The van der Waals surface area contributed by atoms with Gasteiger partial charge < -0.3 is 29.2 Å². The first-order chi connectivity index (χ1) is 17.0. The average molecular weight is 500 g/mol. The smallest absolute Gasteiger partial charge is 0.254 e. The highest BCUT2D eigenvalue weighted by Gasteiger charge is 2.44. The highest BCUT2D eigenvalue weighted by Crippen LogP contribution is 2.40. The lowest BCUT2D eigenvalue weighted by Gasteiger charge is -2.39. The summed E-state index contributed by atoms with van der Waals surface area (Å²) in [4.78, 5) is 27.6. The van der Waals surface area contributed by atoms with Crippen LogP contribution in [0.15, 0.2) is 36.4 Å². The maximum Gasteiger partial charge on any atom is 0.254 e. The number of benzene rings is 2. The molecule has 0 bridgehead atoms. The second-order valence-corrected chi connectivity index (χ2v) is 10.2. The van der Waals surface area contributed by atoms with Crippen LogP contribution in [0.5, 0.6) is 23.0 Å². The van der Waals surface area contributed by atoms with Crippen molar-refractivity contribution in [3.05, 3.63) is 47.5 Å². The number of ether oxygens (including phenoxy) is 4. The van der Waals surface area contributed by atoms with Crippen molar-refractivity contribution < 1.29 is 28.5 Å². The second-order valence-electron chi connectivity index (χ2n) is 8.80. The topological polar surface area (TPSA) is 98.4 Å². The van der Waals surface area contributed by atoms with E-state index < -0.39 is 0 Å². The first kappa shape index (κ1) is 23.6. The van der Waals surface area contributed by atoms with Crippen LogP contribution in [0.1, 0.15) is 28.8 Å². The van der Waals surface area contributed by atoms with Crippen LogP contribution in [0.3, 0.4) is 0 Å². The summed E-state index contributed by atoms with van der Waals surface area (Å²) in [6, 6.07) is 10.6. The highest BCUT2D eigenvalue weighted by molar-refractivity contribution is 8.01. The quantitative estimate of drug-likeness (QED) is 0.625. The van der Waals surface area contributed by atoms with Crippen molar-refractivity contribution in [1.29, 1.82) is 0 Å². The molecule has 3 heterocycles. The summed E-state index contributed by atoms with van der Waals surface area (Å²) in [5.74, 6) is 3.25. The molecule has 5 rings (SSSR count). The van der Waals surface area contributed by atoms with E-state index in [0.29, 0.717) is 48.2 Å². The molecular weight excluding hydrogens is 470 g/mol. The maximum atomic E-state index is 13.1. The number of hydrogen-bond acceptors (Lipinski definition) is 8. The average Bonchev–Trinajstić information content (AvgIpc) is 3.54. The van der Waals surface area contributed by atoms with E-state index in [-0.39, 0.29) is 29.5 Å². The van der Waals surface area contributed by atoms with Crippen LogP contribution in [0.25, 0.3) is 0 Å². The summed E-state index contributed by atoms with van der Waals surface area (Å²) < 4.78 is 21.3. The summed E-state index contributed by atoms with van der Waals surface area (Å²) in [6.45, 7) is 1.89. The zero-order chi connectivity index (χ0) is 24.4. The lowest BCUT2D eigenvalue weighted by atomic mass is 10.0. The molecule has 2 aromatic rings. The van der Waals surface area contributed by atoms with Gasteiger partial charge in [0.1, 0.15) is 11.5 Å². The molecule has 35 heavy (non-hydrogen) atoms. The van der Waals surface area contributed by atoms with Crippen molar-refractivity contribution in [3.8, 4) is 23.0 Å². The predicted molar refractivity (Wildman–Crippen MR) is 131 cm³/mol. The molecule has 1 spiro atoms. The number of likely N-dealkylation sites (tertiary alicyclic amines) is 1. The van der Waals surface area contributed by atoms with Gasteiger partial charge in [-0.05, 0) is 42.7 Å². The second kappa shape index (κ2) is 9.87. The Morgan fingerprint density at radius 3 is 2.51 bits per heavy atom. The standard InChI is InChI=1S/C25H29N3O6S/c1-31-18-10-17(11-19(12-18)32-2)24(30)28-7-5-25(6-8-28)27-20(14-35-25)23(29)26-13-16-3-4-21-22(9-16)34-15-33-21/h3-4,9-12,20,27H,5-8,13-15H2,1-2H3,(H,26,29). The van der Waals surface area contributed by atoms with E-state index >= 15 is 0 Å². The largest absolute Gasteiger partial charge is 0.497 e. The Bertz CT molecular complexity index is 1100. The molecule has 3 aliphatic heterocycles. The van der Waals surface area contributed by atoms with Gasteiger partial charge in [-0.2, -0.15) is 0 Å². The van der Waals surface area contributed by atoms with Crippen molar-refractivity contribution in [2.75, 3.05) is 39.9 Å². The van der Waals surface area contributed by atoms with Crippen LogP contribution < -0.4 is 29.6 Å². The fourth-order valence-corrected chi connectivity index (χ4v) is 6.04. The van der Waals surface area contributed by atoms with Crippen molar-refractivity contribution in [1.82, 2.24) is 15.5 Å². The van der Waals surface area contributed by atoms with Crippen molar-refractivity contribution >= 4 is 23.6 Å². The van der Waals surface area contributed by atoms with Crippen molar-refractivity contribution in [2.45, 2.75) is 30.3 Å². The van der Waals surface area contributed by atoms with Gasteiger partial charge in [0.15, 0.2) is 11.5 Å². The molecule has 186 valence electrons. The highest BCUT2D eigenvalue weighted by atomic mass is 32.2. The summed E-state index contributed by atoms with van der Waals surface area (Å²) in [6.07, 6.45) is 1.55. The Morgan fingerprint density at radius 1 is 1.09 bits per heavy atom. The first-order valence-electron chi connectivity index (χ1n) is 11.6. The van der Waals surface area contributed by atoms with E-state index in [0.717, 1.165) is 24.2 Å². The molecule has 10 heteroatoms. The van der Waals surface area contributed by atoms with Crippen molar-refractivity contribution in [3.63, 3.8) is 0 Å². The van der Waals surface area contributed by atoms with Gasteiger partial charge in [0.05, 0.1) is 25.1 Å². The fourth-order valence-electron chi connectivity index (χ4n) is 4.62. The summed E-state index contributed by atoms with van der Waals surface area (Å²) in [5, 5.41) is 6.57. The number of piperidine rings is 1. The summed E-state index contributed by atoms with van der Waals surface area (Å²) in [5.41, 5.74) is 1.51. The molecule has 0 saturated carbocycles. The number of fused-ring (bicyclic) bond motifs is 1. The molecule has 0 radical (unpaired) electrons. The molecule has 1 atom stereocenters. The van der Waals surface area contributed by atoms with Crippen LogP contribution in [-0.2, 0) is 11.3 Å². The third kappa shape index (κ3) is 4.99. The third-order valence-corrected chi connectivity index (χ3v) is 8.22. The Hall–Kier alpha value is -3.11. The van der Waals surface area contributed by atoms with Gasteiger partial charge in [-0.15, -0.1) is 11.8 Å². The lowest BCUT2D eigenvalue weighted by Crippen LogP contribution is -2.54. The monoisotopic (exact) mass is 499 g/mol. The number of thioether (sulfide) groups is 1. The first-order valence-corrected chi connectivity index (χ1v) is 12.6. The van der Waals surface area contributed by atoms with E-state index in [4.69, 9.17) is 18.9 Å². The molecule has 0 aromatic heterocycles. The number of methoxy groups -OCH3 is 2. The molecule has 2 amide bonds. The Kier molecular flexibility index (Phi) is 6.66. The number of nitrogens with one attached hydrogen (secondary N) is 2. The number of hydrogen-bond donors (Lipinski definition) is 2. The molecule has 0 aliphatic carbocycles. The van der Waals surface area contributed by atoms with Gasteiger partial charge in [-0.25, -0.2) is 0 Å². The van der Waals surface area contributed by atoms with Gasteiger partial charge in [-0.1, -0.05) is 6.07 Å². The third-order valence-electron chi connectivity index (χ3n) is 6.64. The number of carbonyl (C=O) groups is 2. The Balaban J connectivity index is 1.14. The predicted octanol–water partition coefficient (Wildman–Crippen LogP) is 2.39. The number of rotatable bonds is 6. The molecule has 2 aromatic carbocycles. The minimum Gasteiger partial charge on any atom is -0.497 e. The van der Waals surface area contributed by atoms with E-state index in [1.807, 2.05) is 23.1 Å². The van der Waals surface area contributed by atoms with Crippen LogP contribution >= 0.6 is 11.8 Å². The van der Waals surface area contributed by atoms with E-state index in [2.05, 4.69) is 10.6 Å². The number of nitrogens with zero attached hydrogens (tertiary/aromatic N) is 1.